The molecule has 0 bridgehead atoms. The van der Waals surface area contributed by atoms with Crippen LogP contribution in [0.4, 0.5) is 0 Å². The molecule has 1 aliphatic rings. The monoisotopic (exact) mass is 322 g/mol. The number of amides is 1. The Morgan fingerprint density at radius 1 is 1.41 bits per heavy atom. The molecule has 1 amide bonds. The van der Waals surface area contributed by atoms with Crippen molar-refractivity contribution in [3.8, 4) is 5.75 Å². The third-order valence-corrected chi connectivity index (χ3v) is 4.97. The van der Waals surface area contributed by atoms with Crippen molar-refractivity contribution in [1.29, 1.82) is 0 Å². The highest BCUT2D eigenvalue weighted by Crippen LogP contribution is 2.24. The van der Waals surface area contributed by atoms with E-state index in [2.05, 4.69) is 0 Å². The molecule has 0 saturated carbocycles. The highest BCUT2D eigenvalue weighted by Gasteiger charge is 2.28. The standard InChI is InChI=1S/C17H26N2O2S/c1-3-21-14-7-9-15(10-8-14)22-12-17(20)19-11-5-4-6-16(19)13(2)18/h7-10,13,16H,3-6,11-12,18H2,1-2H3. The zero-order valence-electron chi connectivity index (χ0n) is 13.5. The lowest BCUT2D eigenvalue weighted by Gasteiger charge is -2.38. The van der Waals surface area contributed by atoms with Crippen molar-refractivity contribution in [3.05, 3.63) is 24.3 Å². The summed E-state index contributed by atoms with van der Waals surface area (Å²) in [5, 5.41) is 0. The predicted octanol–water partition coefficient (Wildman–Crippen LogP) is 2.91. The van der Waals surface area contributed by atoms with Gasteiger partial charge in [0, 0.05) is 23.5 Å². The number of thioether (sulfide) groups is 1. The van der Waals surface area contributed by atoms with Crippen molar-refractivity contribution in [2.75, 3.05) is 18.9 Å². The van der Waals surface area contributed by atoms with Gasteiger partial charge in [0.25, 0.3) is 0 Å². The molecule has 2 N–H and O–H groups in total. The predicted molar refractivity (Wildman–Crippen MR) is 91.3 cm³/mol. The van der Waals surface area contributed by atoms with Gasteiger partial charge in [0.15, 0.2) is 0 Å². The molecule has 2 atom stereocenters. The van der Waals surface area contributed by atoms with Crippen LogP contribution in [-0.4, -0.2) is 41.8 Å². The Kier molecular flexibility index (Phi) is 6.58. The zero-order chi connectivity index (χ0) is 15.9. The van der Waals surface area contributed by atoms with Gasteiger partial charge in [-0.1, -0.05) is 0 Å². The molecule has 122 valence electrons. The smallest absolute Gasteiger partial charge is 0.233 e. The van der Waals surface area contributed by atoms with Crippen LogP contribution < -0.4 is 10.5 Å². The van der Waals surface area contributed by atoms with Gasteiger partial charge in [0.1, 0.15) is 5.75 Å². The van der Waals surface area contributed by atoms with Gasteiger partial charge in [-0.15, -0.1) is 11.8 Å². The third-order valence-electron chi connectivity index (χ3n) is 3.97. The summed E-state index contributed by atoms with van der Waals surface area (Å²) in [5.74, 6) is 1.53. The van der Waals surface area contributed by atoms with Crippen molar-refractivity contribution in [3.63, 3.8) is 0 Å². The minimum absolute atomic E-state index is 0.0414. The first-order valence-electron chi connectivity index (χ1n) is 8.02. The highest BCUT2D eigenvalue weighted by atomic mass is 32.2. The molecule has 5 heteroatoms. The van der Waals surface area contributed by atoms with Gasteiger partial charge in [0.05, 0.1) is 12.4 Å². The van der Waals surface area contributed by atoms with E-state index in [-0.39, 0.29) is 18.0 Å². The van der Waals surface area contributed by atoms with Gasteiger partial charge in [-0.3, -0.25) is 4.79 Å². The fraction of sp³-hybridized carbons (Fsp3) is 0.588. The largest absolute Gasteiger partial charge is 0.494 e. The van der Waals surface area contributed by atoms with Gasteiger partial charge >= 0.3 is 0 Å². The van der Waals surface area contributed by atoms with Gasteiger partial charge in [-0.05, 0) is 57.4 Å². The molecule has 2 unspecified atom stereocenters. The van der Waals surface area contributed by atoms with Gasteiger partial charge in [-0.25, -0.2) is 0 Å². The molecule has 1 fully saturated rings. The van der Waals surface area contributed by atoms with Crippen LogP contribution in [0, 0.1) is 0 Å². The lowest BCUT2D eigenvalue weighted by atomic mass is 9.97. The maximum atomic E-state index is 12.5. The summed E-state index contributed by atoms with van der Waals surface area (Å²) in [6, 6.07) is 8.13. The summed E-state index contributed by atoms with van der Waals surface area (Å²) >= 11 is 1.58. The zero-order valence-corrected chi connectivity index (χ0v) is 14.3. The molecule has 1 aliphatic heterocycles. The molecule has 1 aromatic carbocycles. The van der Waals surface area contributed by atoms with Gasteiger partial charge in [-0.2, -0.15) is 0 Å². The number of likely N-dealkylation sites (tertiary alicyclic amines) is 1. The average Bonchev–Trinajstić information content (AvgIpc) is 2.54. The van der Waals surface area contributed by atoms with Gasteiger partial charge in [0.2, 0.25) is 5.91 Å². The van der Waals surface area contributed by atoms with Crippen LogP contribution in [0.15, 0.2) is 29.2 Å². The van der Waals surface area contributed by atoms with Crippen molar-refractivity contribution in [2.45, 2.75) is 50.1 Å². The van der Waals surface area contributed by atoms with E-state index in [1.54, 1.807) is 11.8 Å². The maximum Gasteiger partial charge on any atom is 0.233 e. The quantitative estimate of drug-likeness (QED) is 0.818. The molecular weight excluding hydrogens is 296 g/mol. The number of ether oxygens (including phenoxy) is 1. The highest BCUT2D eigenvalue weighted by molar-refractivity contribution is 8.00. The number of hydrogen-bond acceptors (Lipinski definition) is 4. The normalized spacial score (nSPS) is 19.8. The Balaban J connectivity index is 1.88. The molecule has 1 heterocycles. The Labute approximate surface area is 137 Å². The third kappa shape index (κ3) is 4.65. The van der Waals surface area contributed by atoms with E-state index in [1.807, 2.05) is 43.0 Å². The molecular formula is C17H26N2O2S. The van der Waals surface area contributed by atoms with E-state index in [0.717, 1.165) is 30.0 Å². The van der Waals surface area contributed by atoms with Crippen LogP contribution in [0.5, 0.6) is 5.75 Å². The number of carbonyl (C=O) groups excluding carboxylic acids is 1. The Morgan fingerprint density at radius 3 is 2.77 bits per heavy atom. The maximum absolute atomic E-state index is 12.5. The fourth-order valence-electron chi connectivity index (χ4n) is 2.84. The lowest BCUT2D eigenvalue weighted by molar-refractivity contribution is -0.132. The van der Waals surface area contributed by atoms with Crippen LogP contribution in [0.3, 0.4) is 0 Å². The van der Waals surface area contributed by atoms with Crippen LogP contribution >= 0.6 is 11.8 Å². The second kappa shape index (κ2) is 8.44. The summed E-state index contributed by atoms with van der Waals surface area (Å²) < 4.78 is 5.42. The number of carbonyl (C=O) groups is 1. The summed E-state index contributed by atoms with van der Waals surface area (Å²) in [6.07, 6.45) is 3.28. The van der Waals surface area contributed by atoms with E-state index in [9.17, 15) is 4.79 Å². The van der Waals surface area contributed by atoms with Crippen LogP contribution in [0.2, 0.25) is 0 Å². The first-order chi connectivity index (χ1) is 10.6. The van der Waals surface area contributed by atoms with Crippen molar-refractivity contribution >= 4 is 17.7 Å². The number of nitrogens with two attached hydrogens (primary N) is 1. The Bertz CT molecular complexity index is 476. The molecule has 4 nitrogen and oxygen atoms in total. The summed E-state index contributed by atoms with van der Waals surface area (Å²) in [4.78, 5) is 15.6. The van der Waals surface area contributed by atoms with Crippen molar-refractivity contribution in [1.82, 2.24) is 4.90 Å². The first-order valence-corrected chi connectivity index (χ1v) is 9.01. The van der Waals surface area contributed by atoms with E-state index in [4.69, 9.17) is 10.5 Å². The summed E-state index contributed by atoms with van der Waals surface area (Å²) in [6.45, 7) is 5.47. The summed E-state index contributed by atoms with van der Waals surface area (Å²) in [7, 11) is 0. The second-order valence-electron chi connectivity index (χ2n) is 5.70. The minimum atomic E-state index is 0.0414. The lowest BCUT2D eigenvalue weighted by Crippen LogP contribution is -2.52. The van der Waals surface area contributed by atoms with Crippen LogP contribution in [0.1, 0.15) is 33.1 Å². The molecule has 1 aromatic rings. The molecule has 2 rings (SSSR count). The summed E-state index contributed by atoms with van der Waals surface area (Å²) in [5.41, 5.74) is 6.03. The molecule has 0 aliphatic carbocycles. The fourth-order valence-corrected chi connectivity index (χ4v) is 3.62. The molecule has 0 spiro atoms. The molecule has 22 heavy (non-hydrogen) atoms. The van der Waals surface area contributed by atoms with E-state index >= 15 is 0 Å². The Hall–Kier alpha value is -1.20. The molecule has 0 aromatic heterocycles. The molecule has 0 radical (unpaired) electrons. The average molecular weight is 322 g/mol. The molecule has 1 saturated heterocycles. The number of rotatable bonds is 6. The SMILES string of the molecule is CCOc1ccc(SCC(=O)N2CCCCC2C(C)N)cc1. The topological polar surface area (TPSA) is 55.6 Å². The first kappa shape index (κ1) is 17.2. The van der Waals surface area contributed by atoms with E-state index < -0.39 is 0 Å². The minimum Gasteiger partial charge on any atom is -0.494 e. The number of nitrogens with zero attached hydrogens (tertiary/aromatic N) is 1. The van der Waals surface area contributed by atoms with Crippen molar-refractivity contribution < 1.29 is 9.53 Å². The Morgan fingerprint density at radius 2 is 2.14 bits per heavy atom. The van der Waals surface area contributed by atoms with Crippen LogP contribution in [0.25, 0.3) is 0 Å². The van der Waals surface area contributed by atoms with E-state index in [0.29, 0.717) is 12.4 Å². The second-order valence-corrected chi connectivity index (χ2v) is 6.75. The number of hydrogen-bond donors (Lipinski definition) is 1. The number of benzene rings is 1. The van der Waals surface area contributed by atoms with E-state index in [1.165, 1.54) is 6.42 Å². The van der Waals surface area contributed by atoms with Crippen molar-refractivity contribution in [2.24, 2.45) is 5.73 Å². The van der Waals surface area contributed by atoms with Crippen LogP contribution in [-0.2, 0) is 4.79 Å². The number of piperidine rings is 1. The van der Waals surface area contributed by atoms with Gasteiger partial charge < -0.3 is 15.4 Å².